The Kier molecular flexibility index (Phi) is 5.55. The molecule has 138 valence electrons. The second-order valence-electron chi connectivity index (χ2n) is 6.68. The van der Waals surface area contributed by atoms with Crippen LogP contribution in [0.4, 0.5) is 0 Å². The largest absolute Gasteiger partial charge is 0.340 e. The maximum atomic E-state index is 12.6. The molecule has 0 saturated carbocycles. The van der Waals surface area contributed by atoms with Crippen molar-refractivity contribution in [3.05, 3.63) is 71.4 Å². The number of carbonyl (C=O) groups excluding carboxylic acids is 1. The van der Waals surface area contributed by atoms with Crippen LogP contribution in [0, 0.1) is 0 Å². The summed E-state index contributed by atoms with van der Waals surface area (Å²) >= 11 is 1.54. The van der Waals surface area contributed by atoms with E-state index in [1.54, 1.807) is 17.5 Å². The van der Waals surface area contributed by atoms with E-state index in [1.165, 1.54) is 5.56 Å². The summed E-state index contributed by atoms with van der Waals surface area (Å²) in [6.07, 6.45) is 2.12. The van der Waals surface area contributed by atoms with Crippen LogP contribution in [0.1, 0.15) is 11.3 Å². The molecule has 3 heterocycles. The Balaban J connectivity index is 1.29. The van der Waals surface area contributed by atoms with Crippen LogP contribution in [0.5, 0.6) is 0 Å². The van der Waals surface area contributed by atoms with Gasteiger partial charge < -0.3 is 4.90 Å². The number of nitrogens with zero attached hydrogens (tertiary/aromatic N) is 4. The van der Waals surface area contributed by atoms with Crippen LogP contribution in [0.3, 0.4) is 0 Å². The molecule has 27 heavy (non-hydrogen) atoms. The molecule has 1 aliphatic heterocycles. The van der Waals surface area contributed by atoms with E-state index < -0.39 is 0 Å². The third-order valence-electron chi connectivity index (χ3n) is 4.74. The number of carbonyl (C=O) groups is 1. The third kappa shape index (κ3) is 4.59. The molecule has 0 unspecified atom stereocenters. The molecule has 1 fully saturated rings. The minimum absolute atomic E-state index is 0.159. The molecule has 1 amide bonds. The highest BCUT2D eigenvalue weighted by Gasteiger charge is 2.22. The summed E-state index contributed by atoms with van der Waals surface area (Å²) in [6, 6.07) is 16.3. The molecule has 2 aromatic heterocycles. The molecule has 1 aromatic carbocycles. The lowest BCUT2D eigenvalue weighted by Crippen LogP contribution is -2.48. The van der Waals surface area contributed by atoms with Gasteiger partial charge in [-0.1, -0.05) is 36.4 Å². The summed E-state index contributed by atoms with van der Waals surface area (Å²) in [5.74, 6) is 0.159. The van der Waals surface area contributed by atoms with Crippen molar-refractivity contribution in [3.8, 4) is 10.7 Å². The van der Waals surface area contributed by atoms with Gasteiger partial charge in [-0.3, -0.25) is 14.7 Å². The van der Waals surface area contributed by atoms with Crippen molar-refractivity contribution in [1.29, 1.82) is 0 Å². The van der Waals surface area contributed by atoms with Gasteiger partial charge in [-0.25, -0.2) is 4.98 Å². The first-order valence-electron chi connectivity index (χ1n) is 9.18. The van der Waals surface area contributed by atoms with Crippen molar-refractivity contribution in [1.82, 2.24) is 19.8 Å². The quantitative estimate of drug-likeness (QED) is 0.685. The van der Waals surface area contributed by atoms with Crippen molar-refractivity contribution in [2.24, 2.45) is 0 Å². The van der Waals surface area contributed by atoms with Crippen LogP contribution in [-0.2, 0) is 17.8 Å². The van der Waals surface area contributed by atoms with Gasteiger partial charge in [-0.05, 0) is 17.7 Å². The highest BCUT2D eigenvalue weighted by Crippen LogP contribution is 2.22. The lowest BCUT2D eigenvalue weighted by atomic mass is 10.2. The van der Waals surface area contributed by atoms with Gasteiger partial charge in [0.1, 0.15) is 5.01 Å². The van der Waals surface area contributed by atoms with Crippen LogP contribution >= 0.6 is 11.3 Å². The predicted molar refractivity (Wildman–Crippen MR) is 107 cm³/mol. The third-order valence-corrected chi connectivity index (χ3v) is 5.66. The molecule has 3 aromatic rings. The van der Waals surface area contributed by atoms with Crippen LogP contribution in [0.15, 0.2) is 60.1 Å². The van der Waals surface area contributed by atoms with Crippen molar-refractivity contribution < 1.29 is 4.79 Å². The molecule has 1 aliphatic rings. The summed E-state index contributed by atoms with van der Waals surface area (Å²) in [5, 5.41) is 2.83. The minimum Gasteiger partial charge on any atom is -0.340 e. The number of hydrogen-bond donors (Lipinski definition) is 0. The molecule has 0 bridgehead atoms. The number of amides is 1. The second-order valence-corrected chi connectivity index (χ2v) is 7.54. The average molecular weight is 379 g/mol. The van der Waals surface area contributed by atoms with Crippen LogP contribution in [0.2, 0.25) is 0 Å². The van der Waals surface area contributed by atoms with Gasteiger partial charge in [0.15, 0.2) is 0 Å². The molecule has 5 nitrogen and oxygen atoms in total. The van der Waals surface area contributed by atoms with E-state index in [0.29, 0.717) is 6.42 Å². The number of rotatable bonds is 5. The highest BCUT2D eigenvalue weighted by atomic mass is 32.1. The summed E-state index contributed by atoms with van der Waals surface area (Å²) in [6.45, 7) is 4.34. The fourth-order valence-corrected chi connectivity index (χ4v) is 4.05. The zero-order valence-corrected chi connectivity index (χ0v) is 15.9. The Bertz CT molecular complexity index is 873. The first-order valence-corrected chi connectivity index (χ1v) is 10.1. The predicted octanol–water partition coefficient (Wildman–Crippen LogP) is 3.09. The summed E-state index contributed by atoms with van der Waals surface area (Å²) in [5.41, 5.74) is 3.01. The van der Waals surface area contributed by atoms with Crippen LogP contribution in [0.25, 0.3) is 10.7 Å². The van der Waals surface area contributed by atoms with Gasteiger partial charge in [0.25, 0.3) is 0 Å². The molecular formula is C21H22N4OS. The SMILES string of the molecule is O=C(Cc1csc(-c2ccccn2)n1)N1CCN(Cc2ccccc2)CC1. The highest BCUT2D eigenvalue weighted by molar-refractivity contribution is 7.13. The van der Waals surface area contributed by atoms with Crippen LogP contribution in [-0.4, -0.2) is 51.9 Å². The number of piperazine rings is 1. The Labute approximate surface area is 163 Å². The topological polar surface area (TPSA) is 49.3 Å². The number of hydrogen-bond acceptors (Lipinski definition) is 5. The molecular weight excluding hydrogens is 356 g/mol. The molecule has 6 heteroatoms. The maximum absolute atomic E-state index is 12.6. The lowest BCUT2D eigenvalue weighted by Gasteiger charge is -2.34. The summed E-state index contributed by atoms with van der Waals surface area (Å²) in [7, 11) is 0. The average Bonchev–Trinajstić information content (AvgIpc) is 3.18. The minimum atomic E-state index is 0.159. The fraction of sp³-hybridized carbons (Fsp3) is 0.286. The lowest BCUT2D eigenvalue weighted by molar-refractivity contribution is -0.132. The zero-order chi connectivity index (χ0) is 18.5. The Morgan fingerprint density at radius 3 is 2.52 bits per heavy atom. The molecule has 0 N–H and O–H groups in total. The number of benzene rings is 1. The number of aromatic nitrogens is 2. The van der Waals surface area contributed by atoms with Crippen LogP contribution < -0.4 is 0 Å². The van der Waals surface area contributed by atoms with E-state index >= 15 is 0 Å². The molecule has 0 spiro atoms. The smallest absolute Gasteiger partial charge is 0.228 e. The van der Waals surface area contributed by atoms with Gasteiger partial charge in [-0.2, -0.15) is 0 Å². The van der Waals surface area contributed by atoms with Gasteiger partial charge in [0.2, 0.25) is 5.91 Å². The summed E-state index contributed by atoms with van der Waals surface area (Å²) in [4.78, 5) is 25.9. The second kappa shape index (κ2) is 8.41. The van der Waals surface area contributed by atoms with E-state index in [-0.39, 0.29) is 5.91 Å². The van der Waals surface area contributed by atoms with Gasteiger partial charge in [0, 0.05) is 44.3 Å². The number of thiazole rings is 1. The van der Waals surface area contributed by atoms with E-state index in [1.807, 2.05) is 34.5 Å². The van der Waals surface area contributed by atoms with Gasteiger partial charge >= 0.3 is 0 Å². The standard InChI is InChI=1S/C21H22N4OS/c26-20(14-18-16-27-21(23-18)19-8-4-5-9-22-19)25-12-10-24(11-13-25)15-17-6-2-1-3-7-17/h1-9,16H,10-15H2. The Morgan fingerprint density at radius 1 is 1.00 bits per heavy atom. The Hall–Kier alpha value is -2.57. The first-order chi connectivity index (χ1) is 13.3. The van der Waals surface area contributed by atoms with Crippen molar-refractivity contribution in [2.45, 2.75) is 13.0 Å². The molecule has 4 rings (SSSR count). The molecule has 0 aliphatic carbocycles. The first kappa shape index (κ1) is 17.8. The van der Waals surface area contributed by atoms with Crippen molar-refractivity contribution >= 4 is 17.2 Å². The van der Waals surface area contributed by atoms with Gasteiger partial charge in [-0.15, -0.1) is 11.3 Å². The molecule has 0 radical (unpaired) electrons. The number of pyridine rings is 1. The van der Waals surface area contributed by atoms with E-state index in [9.17, 15) is 4.79 Å². The normalized spacial score (nSPS) is 15.0. The van der Waals surface area contributed by atoms with E-state index in [4.69, 9.17) is 0 Å². The maximum Gasteiger partial charge on any atom is 0.228 e. The van der Waals surface area contributed by atoms with Gasteiger partial charge in [0.05, 0.1) is 17.8 Å². The van der Waals surface area contributed by atoms with E-state index in [0.717, 1.165) is 49.1 Å². The molecule has 0 atom stereocenters. The molecule has 1 saturated heterocycles. The van der Waals surface area contributed by atoms with E-state index in [2.05, 4.69) is 39.1 Å². The van der Waals surface area contributed by atoms with Crippen molar-refractivity contribution in [3.63, 3.8) is 0 Å². The van der Waals surface area contributed by atoms with Crippen molar-refractivity contribution in [2.75, 3.05) is 26.2 Å². The summed E-state index contributed by atoms with van der Waals surface area (Å²) < 4.78 is 0. The zero-order valence-electron chi connectivity index (χ0n) is 15.1. The Morgan fingerprint density at radius 2 is 1.78 bits per heavy atom. The fourth-order valence-electron chi connectivity index (χ4n) is 3.26. The monoisotopic (exact) mass is 378 g/mol.